The number of alkyl halides is 3. The van der Waals surface area contributed by atoms with Gasteiger partial charge in [0.05, 0.1) is 10.5 Å². The van der Waals surface area contributed by atoms with Crippen LogP contribution in [-0.4, -0.2) is 46.6 Å². The topological polar surface area (TPSA) is 94.3 Å². The van der Waals surface area contributed by atoms with Crippen LogP contribution < -0.4 is 20.5 Å². The molecule has 0 saturated heterocycles. The number of hydrogen-bond acceptors (Lipinski definition) is 5. The number of sulfonamides is 1. The Morgan fingerprint density at radius 2 is 1.62 bits per heavy atom. The molecule has 0 aliphatic rings. The molecule has 3 aromatic rings. The van der Waals surface area contributed by atoms with Crippen LogP contribution in [0.3, 0.4) is 0 Å². The standard InChI is InChI=1S/C21H23F3N4O3S.2ClH/c1-28(16-7-5-15(6-8-16)21(22,23)24)14-13-25-11-12-27-32(30,31)19-4-2-3-18-17(19)9-10-26-20(18)29;;/h2-10,25,27H,11-14H2,1H3,(H,26,29);2*1H. The minimum Gasteiger partial charge on any atom is -0.373 e. The van der Waals surface area contributed by atoms with Crippen molar-refractivity contribution in [3.63, 3.8) is 0 Å². The summed E-state index contributed by atoms with van der Waals surface area (Å²) in [5.74, 6) is 0. The maximum atomic E-state index is 12.6. The normalized spacial score (nSPS) is 11.5. The molecule has 0 atom stereocenters. The molecular formula is C21H25Cl2F3N4O3S. The van der Waals surface area contributed by atoms with Crippen molar-refractivity contribution in [2.45, 2.75) is 11.1 Å². The maximum absolute atomic E-state index is 12.6. The fourth-order valence-electron chi connectivity index (χ4n) is 3.18. The zero-order valence-corrected chi connectivity index (χ0v) is 20.5. The van der Waals surface area contributed by atoms with Gasteiger partial charge in [-0.3, -0.25) is 4.79 Å². The number of aromatic nitrogens is 1. The molecule has 13 heteroatoms. The molecule has 3 rings (SSSR count). The van der Waals surface area contributed by atoms with Crippen LogP contribution in [0.1, 0.15) is 5.56 Å². The number of nitrogens with zero attached hydrogens (tertiary/aromatic N) is 1. The Bertz CT molecular complexity index is 1240. The van der Waals surface area contributed by atoms with Crippen LogP contribution in [0, 0.1) is 0 Å². The molecule has 34 heavy (non-hydrogen) atoms. The average Bonchev–Trinajstić information content (AvgIpc) is 2.75. The summed E-state index contributed by atoms with van der Waals surface area (Å²) in [4.78, 5) is 16.2. The van der Waals surface area contributed by atoms with E-state index in [9.17, 15) is 26.4 Å². The molecule has 0 saturated carbocycles. The number of fused-ring (bicyclic) bond motifs is 1. The summed E-state index contributed by atoms with van der Waals surface area (Å²) >= 11 is 0. The van der Waals surface area contributed by atoms with E-state index in [1.165, 1.54) is 30.5 Å². The number of nitrogens with one attached hydrogen (secondary N) is 3. The van der Waals surface area contributed by atoms with Gasteiger partial charge < -0.3 is 15.2 Å². The maximum Gasteiger partial charge on any atom is 0.416 e. The van der Waals surface area contributed by atoms with E-state index in [1.54, 1.807) is 24.1 Å². The van der Waals surface area contributed by atoms with Crippen molar-refractivity contribution in [1.29, 1.82) is 0 Å². The van der Waals surface area contributed by atoms with E-state index in [0.717, 1.165) is 12.1 Å². The van der Waals surface area contributed by atoms with Crippen LogP contribution in [0.4, 0.5) is 18.9 Å². The van der Waals surface area contributed by atoms with Crippen molar-refractivity contribution >= 4 is 51.3 Å². The highest BCUT2D eigenvalue weighted by molar-refractivity contribution is 7.89. The van der Waals surface area contributed by atoms with Crippen molar-refractivity contribution in [2.75, 3.05) is 38.1 Å². The third-order valence-corrected chi connectivity index (χ3v) is 6.44. The Morgan fingerprint density at radius 3 is 2.26 bits per heavy atom. The second-order valence-electron chi connectivity index (χ2n) is 7.14. The first kappa shape index (κ1) is 29.7. The summed E-state index contributed by atoms with van der Waals surface area (Å²) < 4.78 is 65.7. The van der Waals surface area contributed by atoms with Crippen LogP contribution in [0.5, 0.6) is 0 Å². The summed E-state index contributed by atoms with van der Waals surface area (Å²) in [6.45, 7) is 1.50. The number of halogens is 5. The molecule has 7 nitrogen and oxygen atoms in total. The zero-order chi connectivity index (χ0) is 23.4. The van der Waals surface area contributed by atoms with Gasteiger partial charge in [-0.15, -0.1) is 24.8 Å². The zero-order valence-electron chi connectivity index (χ0n) is 18.1. The van der Waals surface area contributed by atoms with E-state index in [0.29, 0.717) is 36.1 Å². The predicted molar refractivity (Wildman–Crippen MR) is 132 cm³/mol. The fraction of sp³-hybridized carbons (Fsp3) is 0.286. The second-order valence-corrected chi connectivity index (χ2v) is 8.87. The van der Waals surface area contributed by atoms with Gasteiger partial charge in [-0.25, -0.2) is 13.1 Å². The van der Waals surface area contributed by atoms with E-state index in [1.807, 2.05) is 0 Å². The SMILES string of the molecule is CN(CCNCCNS(=O)(=O)c1cccc2c(=O)[nH]ccc12)c1ccc(C(F)(F)F)cc1.Cl.Cl. The lowest BCUT2D eigenvalue weighted by Gasteiger charge is -2.20. The van der Waals surface area contributed by atoms with Gasteiger partial charge in [0.2, 0.25) is 10.0 Å². The number of aromatic amines is 1. The van der Waals surface area contributed by atoms with Crippen molar-refractivity contribution in [3.8, 4) is 0 Å². The number of likely N-dealkylation sites (N-methyl/N-ethyl adjacent to an activating group) is 1. The van der Waals surface area contributed by atoms with E-state index in [4.69, 9.17) is 0 Å². The van der Waals surface area contributed by atoms with Crippen molar-refractivity contribution in [1.82, 2.24) is 15.0 Å². The van der Waals surface area contributed by atoms with Crippen LogP contribution in [0.2, 0.25) is 0 Å². The molecule has 0 unspecified atom stereocenters. The first-order chi connectivity index (χ1) is 15.1. The highest BCUT2D eigenvalue weighted by Gasteiger charge is 2.30. The summed E-state index contributed by atoms with van der Waals surface area (Å²) in [7, 11) is -2.05. The third kappa shape index (κ3) is 7.34. The van der Waals surface area contributed by atoms with Gasteiger partial charge in [-0.1, -0.05) is 6.07 Å². The molecule has 0 aliphatic heterocycles. The average molecular weight is 541 g/mol. The van der Waals surface area contributed by atoms with Gasteiger partial charge in [0.25, 0.3) is 5.56 Å². The Morgan fingerprint density at radius 1 is 0.941 bits per heavy atom. The Labute approximate surface area is 207 Å². The van der Waals surface area contributed by atoms with Crippen LogP contribution in [0.25, 0.3) is 10.8 Å². The van der Waals surface area contributed by atoms with Crippen molar-refractivity contribution in [2.24, 2.45) is 0 Å². The van der Waals surface area contributed by atoms with Crippen LogP contribution in [0.15, 0.2) is 64.4 Å². The number of rotatable bonds is 9. The fourth-order valence-corrected chi connectivity index (χ4v) is 4.44. The summed E-state index contributed by atoms with van der Waals surface area (Å²) in [5.41, 5.74) is -0.416. The minimum atomic E-state index is -4.37. The lowest BCUT2D eigenvalue weighted by molar-refractivity contribution is -0.137. The largest absolute Gasteiger partial charge is 0.416 e. The number of pyridine rings is 1. The minimum absolute atomic E-state index is 0. The molecular weight excluding hydrogens is 516 g/mol. The molecule has 3 N–H and O–H groups in total. The molecule has 1 aromatic heterocycles. The van der Waals surface area contributed by atoms with Crippen LogP contribution >= 0.6 is 24.8 Å². The smallest absolute Gasteiger partial charge is 0.373 e. The molecule has 1 heterocycles. The number of benzene rings is 2. The molecule has 0 bridgehead atoms. The Kier molecular flexibility index (Phi) is 10.8. The monoisotopic (exact) mass is 540 g/mol. The van der Waals surface area contributed by atoms with Crippen molar-refractivity contribution < 1.29 is 21.6 Å². The summed E-state index contributed by atoms with van der Waals surface area (Å²) in [5, 5.41) is 3.72. The van der Waals surface area contributed by atoms with Gasteiger partial charge in [0.15, 0.2) is 0 Å². The van der Waals surface area contributed by atoms with Crippen molar-refractivity contribution in [3.05, 3.63) is 70.6 Å². The first-order valence-electron chi connectivity index (χ1n) is 9.79. The van der Waals surface area contributed by atoms with E-state index in [2.05, 4.69) is 15.0 Å². The molecule has 2 aromatic carbocycles. The molecule has 0 spiro atoms. The summed E-state index contributed by atoms with van der Waals surface area (Å²) in [6, 6.07) is 10.9. The molecule has 188 valence electrons. The van der Waals surface area contributed by atoms with Gasteiger partial charge >= 0.3 is 6.18 Å². The lowest BCUT2D eigenvalue weighted by Crippen LogP contribution is -2.35. The number of anilines is 1. The van der Waals surface area contributed by atoms with Crippen LogP contribution in [-0.2, 0) is 16.2 Å². The predicted octanol–water partition coefficient (Wildman–Crippen LogP) is 3.39. The van der Waals surface area contributed by atoms with E-state index >= 15 is 0 Å². The molecule has 0 radical (unpaired) electrons. The third-order valence-electron chi connectivity index (χ3n) is 4.92. The quantitative estimate of drug-likeness (QED) is 0.361. The lowest BCUT2D eigenvalue weighted by atomic mass is 10.2. The number of H-pyrrole nitrogens is 1. The Balaban J connectivity index is 0.00000289. The van der Waals surface area contributed by atoms with Gasteiger partial charge in [0.1, 0.15) is 0 Å². The van der Waals surface area contributed by atoms with Gasteiger partial charge in [-0.05, 0) is 42.5 Å². The van der Waals surface area contributed by atoms with Gasteiger partial charge in [0, 0.05) is 55.9 Å². The Hall–Kier alpha value is -2.31. The first-order valence-corrected chi connectivity index (χ1v) is 11.3. The molecule has 0 fully saturated rings. The number of hydrogen-bond donors (Lipinski definition) is 3. The van der Waals surface area contributed by atoms with Gasteiger partial charge in [-0.2, -0.15) is 13.2 Å². The summed E-state index contributed by atoms with van der Waals surface area (Å²) in [6.07, 6.45) is -2.97. The highest BCUT2D eigenvalue weighted by atomic mass is 35.5. The molecule has 0 amide bonds. The van der Waals surface area contributed by atoms with E-state index in [-0.39, 0.29) is 41.8 Å². The highest BCUT2D eigenvalue weighted by Crippen LogP contribution is 2.30. The molecule has 0 aliphatic carbocycles. The second kappa shape index (κ2) is 12.4. The van der Waals surface area contributed by atoms with E-state index < -0.39 is 21.8 Å².